The van der Waals surface area contributed by atoms with Gasteiger partial charge in [-0.05, 0) is 44.9 Å². The number of hydrogen-bond donors (Lipinski definition) is 1. The van der Waals surface area contributed by atoms with Crippen molar-refractivity contribution in [2.75, 3.05) is 24.6 Å². The molecule has 2 fully saturated rings. The number of carbonyl (C=O) groups is 1. The first kappa shape index (κ1) is 19.6. The summed E-state index contributed by atoms with van der Waals surface area (Å²) in [6.07, 6.45) is 5.46. The lowest BCUT2D eigenvalue weighted by molar-refractivity contribution is -0.131. The van der Waals surface area contributed by atoms with Gasteiger partial charge in [0, 0.05) is 31.5 Å². The predicted octanol–water partition coefficient (Wildman–Crippen LogP) is 2.40. The molecule has 1 N–H and O–H groups in total. The van der Waals surface area contributed by atoms with Crippen LogP contribution >= 0.6 is 0 Å². The van der Waals surface area contributed by atoms with Crippen LogP contribution in [0.25, 0.3) is 0 Å². The molecule has 7 nitrogen and oxygen atoms in total. The minimum atomic E-state index is -0.315. The SMILES string of the molecule is C[C@@H]1CN(c2ncc3c(n2)CC(C)(C)C[C@@H]3NC(=O)[C@@H]2CCCO2)C[C@@H](C)O1. The zero-order valence-electron chi connectivity index (χ0n) is 17.4. The van der Waals surface area contributed by atoms with Crippen LogP contribution in [0.2, 0.25) is 0 Å². The molecule has 0 saturated carbocycles. The standard InChI is InChI=1S/C21H32N4O3/c1-13-11-25(12-14(2)28-13)20-22-10-15-16(8-21(3,4)9-17(15)24-20)23-19(26)18-6-5-7-27-18/h10,13-14,16,18H,5-9,11-12H2,1-4H3,(H,23,26)/t13-,14-,16+,18+/m1/s1. The Labute approximate surface area is 167 Å². The lowest BCUT2D eigenvalue weighted by atomic mass is 9.74. The van der Waals surface area contributed by atoms with Crippen molar-refractivity contribution in [1.82, 2.24) is 15.3 Å². The molecule has 0 spiro atoms. The van der Waals surface area contributed by atoms with Gasteiger partial charge in [-0.25, -0.2) is 9.97 Å². The molecule has 3 aliphatic rings. The van der Waals surface area contributed by atoms with Crippen LogP contribution in [0, 0.1) is 5.41 Å². The van der Waals surface area contributed by atoms with Gasteiger partial charge in [0.2, 0.25) is 11.9 Å². The van der Waals surface area contributed by atoms with E-state index in [9.17, 15) is 4.79 Å². The molecule has 0 aromatic carbocycles. The minimum absolute atomic E-state index is 0.00828. The van der Waals surface area contributed by atoms with E-state index >= 15 is 0 Å². The molecule has 7 heteroatoms. The van der Waals surface area contributed by atoms with Gasteiger partial charge in [0.25, 0.3) is 0 Å². The summed E-state index contributed by atoms with van der Waals surface area (Å²) in [4.78, 5) is 24.4. The van der Waals surface area contributed by atoms with Gasteiger partial charge >= 0.3 is 0 Å². The van der Waals surface area contributed by atoms with Crippen LogP contribution < -0.4 is 10.2 Å². The van der Waals surface area contributed by atoms with Crippen LogP contribution in [0.3, 0.4) is 0 Å². The number of nitrogens with zero attached hydrogens (tertiary/aromatic N) is 3. The molecule has 1 aromatic rings. The van der Waals surface area contributed by atoms with Crippen molar-refractivity contribution in [3.63, 3.8) is 0 Å². The first-order valence-electron chi connectivity index (χ1n) is 10.5. The van der Waals surface area contributed by atoms with Crippen LogP contribution in [0.5, 0.6) is 0 Å². The number of amides is 1. The largest absolute Gasteiger partial charge is 0.372 e. The summed E-state index contributed by atoms with van der Waals surface area (Å²) in [5.74, 6) is 0.758. The van der Waals surface area contributed by atoms with E-state index < -0.39 is 0 Å². The molecule has 4 atom stereocenters. The Kier molecular flexibility index (Phi) is 5.31. The number of fused-ring (bicyclic) bond motifs is 1. The third-order valence-corrected chi connectivity index (χ3v) is 5.91. The fraction of sp³-hybridized carbons (Fsp3) is 0.762. The van der Waals surface area contributed by atoms with Crippen LogP contribution in [-0.4, -0.2) is 53.9 Å². The minimum Gasteiger partial charge on any atom is -0.372 e. The molecule has 4 rings (SSSR count). The predicted molar refractivity (Wildman–Crippen MR) is 106 cm³/mol. The van der Waals surface area contributed by atoms with E-state index in [1.54, 1.807) is 0 Å². The van der Waals surface area contributed by atoms with Crippen LogP contribution in [-0.2, 0) is 20.7 Å². The van der Waals surface area contributed by atoms with E-state index in [-0.39, 0.29) is 35.7 Å². The highest BCUT2D eigenvalue weighted by molar-refractivity contribution is 5.81. The Hall–Kier alpha value is -1.73. The Morgan fingerprint density at radius 3 is 2.71 bits per heavy atom. The second-order valence-corrected chi connectivity index (χ2v) is 9.34. The summed E-state index contributed by atoms with van der Waals surface area (Å²) < 4.78 is 11.4. The highest BCUT2D eigenvalue weighted by Crippen LogP contribution is 2.40. The van der Waals surface area contributed by atoms with Crippen LogP contribution in [0.15, 0.2) is 6.20 Å². The van der Waals surface area contributed by atoms with Gasteiger partial charge in [0.15, 0.2) is 0 Å². The first-order valence-corrected chi connectivity index (χ1v) is 10.5. The van der Waals surface area contributed by atoms with Gasteiger partial charge in [-0.1, -0.05) is 13.8 Å². The molecule has 28 heavy (non-hydrogen) atoms. The molecule has 2 aliphatic heterocycles. The van der Waals surface area contributed by atoms with Crippen molar-refractivity contribution < 1.29 is 14.3 Å². The van der Waals surface area contributed by atoms with Crippen molar-refractivity contribution in [1.29, 1.82) is 0 Å². The van der Waals surface area contributed by atoms with Gasteiger partial charge in [0.05, 0.1) is 23.9 Å². The number of nitrogens with one attached hydrogen (secondary N) is 1. The molecular formula is C21H32N4O3. The van der Waals surface area contributed by atoms with Gasteiger partial charge < -0.3 is 19.7 Å². The summed E-state index contributed by atoms with van der Waals surface area (Å²) >= 11 is 0. The second kappa shape index (κ2) is 7.59. The van der Waals surface area contributed by atoms with E-state index in [1.165, 1.54) is 0 Å². The monoisotopic (exact) mass is 388 g/mol. The van der Waals surface area contributed by atoms with Gasteiger partial charge in [-0.15, -0.1) is 0 Å². The maximum Gasteiger partial charge on any atom is 0.249 e. The summed E-state index contributed by atoms with van der Waals surface area (Å²) in [5.41, 5.74) is 2.16. The van der Waals surface area contributed by atoms with Crippen molar-refractivity contribution in [3.8, 4) is 0 Å². The highest BCUT2D eigenvalue weighted by Gasteiger charge is 2.36. The van der Waals surface area contributed by atoms with Gasteiger partial charge in [0.1, 0.15) is 6.10 Å². The highest BCUT2D eigenvalue weighted by atomic mass is 16.5. The Bertz CT molecular complexity index is 722. The number of morpholine rings is 1. The molecular weight excluding hydrogens is 356 g/mol. The number of aromatic nitrogens is 2. The molecule has 154 valence electrons. The molecule has 1 aliphatic carbocycles. The quantitative estimate of drug-likeness (QED) is 0.857. The third-order valence-electron chi connectivity index (χ3n) is 5.91. The average molecular weight is 389 g/mol. The summed E-state index contributed by atoms with van der Waals surface area (Å²) in [5, 5.41) is 3.21. The first-order chi connectivity index (χ1) is 13.3. The fourth-order valence-corrected chi connectivity index (χ4v) is 4.71. The number of ether oxygens (including phenoxy) is 2. The number of anilines is 1. The molecule has 1 aromatic heterocycles. The van der Waals surface area contributed by atoms with Crippen molar-refractivity contribution in [2.24, 2.45) is 5.41 Å². The normalized spacial score (nSPS) is 32.1. The Balaban J connectivity index is 1.56. The number of carbonyl (C=O) groups excluding carboxylic acids is 1. The van der Waals surface area contributed by atoms with E-state index in [4.69, 9.17) is 14.5 Å². The lowest BCUT2D eigenvalue weighted by Crippen LogP contribution is -2.46. The maximum absolute atomic E-state index is 12.6. The Morgan fingerprint density at radius 1 is 1.29 bits per heavy atom. The van der Waals surface area contributed by atoms with Gasteiger partial charge in [-0.3, -0.25) is 4.79 Å². The molecule has 2 saturated heterocycles. The number of hydrogen-bond acceptors (Lipinski definition) is 6. The van der Waals surface area contributed by atoms with Crippen LogP contribution in [0.4, 0.5) is 5.95 Å². The average Bonchev–Trinajstić information content (AvgIpc) is 3.14. The molecule has 1 amide bonds. The molecule has 0 unspecified atom stereocenters. The zero-order valence-corrected chi connectivity index (χ0v) is 17.4. The van der Waals surface area contributed by atoms with Crippen molar-refractivity contribution >= 4 is 11.9 Å². The smallest absolute Gasteiger partial charge is 0.249 e. The molecule has 0 radical (unpaired) electrons. The Morgan fingerprint density at radius 2 is 2.04 bits per heavy atom. The fourth-order valence-electron chi connectivity index (χ4n) is 4.71. The summed E-state index contributed by atoms with van der Waals surface area (Å²) in [6.45, 7) is 10.9. The van der Waals surface area contributed by atoms with E-state index in [0.29, 0.717) is 6.61 Å². The molecule has 3 heterocycles. The van der Waals surface area contributed by atoms with E-state index in [0.717, 1.165) is 56.0 Å². The summed E-state index contributed by atoms with van der Waals surface area (Å²) in [6, 6.07) is -0.0629. The van der Waals surface area contributed by atoms with Gasteiger partial charge in [-0.2, -0.15) is 0 Å². The number of rotatable bonds is 3. The third kappa shape index (κ3) is 4.15. The second-order valence-electron chi connectivity index (χ2n) is 9.34. The van der Waals surface area contributed by atoms with E-state index in [2.05, 4.69) is 42.9 Å². The summed E-state index contributed by atoms with van der Waals surface area (Å²) in [7, 11) is 0. The van der Waals surface area contributed by atoms with Crippen molar-refractivity contribution in [2.45, 2.75) is 77.7 Å². The maximum atomic E-state index is 12.6. The zero-order chi connectivity index (χ0) is 19.9. The molecule has 0 bridgehead atoms. The topological polar surface area (TPSA) is 76.6 Å². The lowest BCUT2D eigenvalue weighted by Gasteiger charge is -2.38. The van der Waals surface area contributed by atoms with Crippen molar-refractivity contribution in [3.05, 3.63) is 17.5 Å². The van der Waals surface area contributed by atoms with Crippen LogP contribution in [0.1, 0.15) is 64.3 Å². The van der Waals surface area contributed by atoms with E-state index in [1.807, 2.05) is 6.20 Å².